The highest BCUT2D eigenvalue weighted by Gasteiger charge is 2.59. The molecule has 26 heavy (non-hydrogen) atoms. The van der Waals surface area contributed by atoms with Gasteiger partial charge >= 0.3 is 6.18 Å². The SMILES string of the molecule is Cn1cc(C(=O)Nc2ccccc2C2CC2(C)C2CC2)c(C(F)(F)F)n1. The molecule has 1 N–H and O–H groups in total. The summed E-state index contributed by atoms with van der Waals surface area (Å²) in [6, 6.07) is 7.40. The average molecular weight is 363 g/mol. The van der Waals surface area contributed by atoms with Crippen LogP contribution in [0.25, 0.3) is 0 Å². The maximum absolute atomic E-state index is 13.1. The highest BCUT2D eigenvalue weighted by Crippen LogP contribution is 2.70. The standard InChI is InChI=1S/C19H20F3N3O/c1-18(11-7-8-11)9-14(18)12-5-3-4-6-15(12)23-17(26)13-10-25(2)24-16(13)19(20,21)22/h3-6,10-11,14H,7-9H2,1-2H3,(H,23,26). The molecule has 2 aromatic rings. The number of rotatable bonds is 4. The molecule has 2 aliphatic carbocycles. The number of hydrogen-bond acceptors (Lipinski definition) is 2. The second-order valence-corrected chi connectivity index (χ2v) is 7.64. The number of carbonyl (C=O) groups is 1. The Hall–Kier alpha value is -2.31. The van der Waals surface area contributed by atoms with Gasteiger partial charge in [-0.2, -0.15) is 18.3 Å². The van der Waals surface area contributed by atoms with E-state index in [1.807, 2.05) is 12.1 Å². The van der Waals surface area contributed by atoms with Crippen LogP contribution in [-0.4, -0.2) is 15.7 Å². The van der Waals surface area contributed by atoms with E-state index >= 15 is 0 Å². The van der Waals surface area contributed by atoms with Crippen LogP contribution in [0.1, 0.15) is 53.7 Å². The van der Waals surface area contributed by atoms with E-state index in [1.165, 1.54) is 19.9 Å². The number of aryl methyl sites for hydroxylation is 1. The largest absolute Gasteiger partial charge is 0.435 e. The summed E-state index contributed by atoms with van der Waals surface area (Å²) in [6.45, 7) is 2.26. The Labute approximate surface area is 149 Å². The van der Waals surface area contributed by atoms with Gasteiger partial charge in [-0.1, -0.05) is 25.1 Å². The molecule has 0 aliphatic heterocycles. The number of alkyl halides is 3. The van der Waals surface area contributed by atoms with Crippen molar-refractivity contribution in [2.45, 2.75) is 38.3 Å². The van der Waals surface area contributed by atoms with Gasteiger partial charge in [-0.05, 0) is 48.1 Å². The molecule has 0 radical (unpaired) electrons. The van der Waals surface area contributed by atoms with Gasteiger partial charge in [0, 0.05) is 18.9 Å². The molecule has 2 saturated carbocycles. The number of halogens is 3. The van der Waals surface area contributed by atoms with Crippen LogP contribution in [0.3, 0.4) is 0 Å². The molecule has 0 bridgehead atoms. The summed E-state index contributed by atoms with van der Waals surface area (Å²) >= 11 is 0. The van der Waals surface area contributed by atoms with Crippen molar-refractivity contribution in [3.63, 3.8) is 0 Å². The number of anilines is 1. The van der Waals surface area contributed by atoms with Crippen molar-refractivity contribution in [3.05, 3.63) is 47.3 Å². The molecule has 2 fully saturated rings. The van der Waals surface area contributed by atoms with Crippen LogP contribution in [0.15, 0.2) is 30.5 Å². The number of amides is 1. The summed E-state index contributed by atoms with van der Waals surface area (Å²) in [5.74, 6) is 0.292. The van der Waals surface area contributed by atoms with E-state index < -0.39 is 23.3 Å². The number of benzene rings is 1. The monoisotopic (exact) mass is 363 g/mol. The van der Waals surface area contributed by atoms with Crippen molar-refractivity contribution in [2.75, 3.05) is 5.32 Å². The molecule has 2 unspecified atom stereocenters. The number of nitrogens with one attached hydrogen (secondary N) is 1. The Morgan fingerprint density at radius 1 is 1.31 bits per heavy atom. The Balaban J connectivity index is 1.60. The first-order valence-electron chi connectivity index (χ1n) is 8.71. The Morgan fingerprint density at radius 2 is 2.00 bits per heavy atom. The smallest absolute Gasteiger partial charge is 0.322 e. The lowest BCUT2D eigenvalue weighted by atomic mass is 9.95. The molecule has 0 saturated heterocycles. The number of aromatic nitrogens is 2. The molecule has 0 spiro atoms. The Kier molecular flexibility index (Phi) is 3.68. The highest BCUT2D eigenvalue weighted by molar-refractivity contribution is 6.05. The zero-order valence-corrected chi connectivity index (χ0v) is 14.6. The van der Waals surface area contributed by atoms with Gasteiger partial charge < -0.3 is 5.32 Å². The zero-order valence-electron chi connectivity index (χ0n) is 14.6. The van der Waals surface area contributed by atoms with Crippen molar-refractivity contribution in [1.82, 2.24) is 9.78 Å². The second kappa shape index (κ2) is 5.59. The number of carbonyl (C=O) groups excluding carboxylic acids is 1. The van der Waals surface area contributed by atoms with Crippen LogP contribution >= 0.6 is 0 Å². The maximum atomic E-state index is 13.1. The highest BCUT2D eigenvalue weighted by atomic mass is 19.4. The van der Waals surface area contributed by atoms with E-state index in [2.05, 4.69) is 17.3 Å². The van der Waals surface area contributed by atoms with Crippen molar-refractivity contribution in [3.8, 4) is 0 Å². The van der Waals surface area contributed by atoms with Gasteiger partial charge in [0.15, 0.2) is 5.69 Å². The van der Waals surface area contributed by atoms with Crippen LogP contribution in [0, 0.1) is 11.3 Å². The molecular weight excluding hydrogens is 343 g/mol. The van der Waals surface area contributed by atoms with Crippen LogP contribution in [0.4, 0.5) is 18.9 Å². The molecule has 1 aromatic heterocycles. The van der Waals surface area contributed by atoms with Crippen molar-refractivity contribution in [1.29, 1.82) is 0 Å². The minimum absolute atomic E-state index is 0.256. The molecule has 1 aromatic carbocycles. The van der Waals surface area contributed by atoms with Crippen molar-refractivity contribution >= 4 is 11.6 Å². The summed E-state index contributed by atoms with van der Waals surface area (Å²) < 4.78 is 40.4. The average Bonchev–Trinajstić information content (AvgIpc) is 3.46. The zero-order chi connectivity index (χ0) is 18.7. The molecule has 2 aliphatic rings. The first-order chi connectivity index (χ1) is 12.2. The lowest BCUT2D eigenvalue weighted by Gasteiger charge is -2.14. The Bertz CT molecular complexity index is 869. The van der Waals surface area contributed by atoms with Crippen LogP contribution in [0.2, 0.25) is 0 Å². The predicted molar refractivity (Wildman–Crippen MR) is 90.8 cm³/mol. The normalized spacial score (nSPS) is 25.2. The van der Waals surface area contributed by atoms with Gasteiger partial charge in [0.2, 0.25) is 0 Å². The summed E-state index contributed by atoms with van der Waals surface area (Å²) in [6.07, 6.45) is -0.0236. The number of nitrogens with zero attached hydrogens (tertiary/aromatic N) is 2. The van der Waals surface area contributed by atoms with Gasteiger partial charge in [0.05, 0.1) is 5.56 Å². The van der Waals surface area contributed by atoms with E-state index in [0.717, 1.165) is 28.8 Å². The fourth-order valence-corrected chi connectivity index (χ4v) is 4.01. The topological polar surface area (TPSA) is 46.9 Å². The molecule has 1 amide bonds. The molecule has 138 valence electrons. The maximum Gasteiger partial charge on any atom is 0.435 e. The Morgan fingerprint density at radius 3 is 2.65 bits per heavy atom. The summed E-state index contributed by atoms with van der Waals surface area (Å²) in [7, 11) is 1.37. The van der Waals surface area contributed by atoms with Gasteiger partial charge in [0.1, 0.15) is 0 Å². The minimum atomic E-state index is -4.67. The van der Waals surface area contributed by atoms with Crippen molar-refractivity contribution in [2.24, 2.45) is 18.4 Å². The fraction of sp³-hybridized carbons (Fsp3) is 0.474. The van der Waals surface area contributed by atoms with E-state index in [4.69, 9.17) is 0 Å². The van der Waals surface area contributed by atoms with Gasteiger partial charge in [-0.15, -0.1) is 0 Å². The quantitative estimate of drug-likeness (QED) is 0.863. The molecule has 1 heterocycles. The van der Waals surface area contributed by atoms with E-state index in [-0.39, 0.29) is 5.41 Å². The third-order valence-electron chi connectivity index (χ3n) is 5.72. The third kappa shape index (κ3) is 2.89. The molecule has 4 nitrogen and oxygen atoms in total. The minimum Gasteiger partial charge on any atom is -0.322 e. The van der Waals surface area contributed by atoms with E-state index in [0.29, 0.717) is 11.6 Å². The lowest BCUT2D eigenvalue weighted by molar-refractivity contribution is -0.141. The first-order valence-corrected chi connectivity index (χ1v) is 8.71. The van der Waals surface area contributed by atoms with Gasteiger partial charge in [0.25, 0.3) is 5.91 Å². The molecule has 7 heteroatoms. The van der Waals surface area contributed by atoms with Crippen LogP contribution in [-0.2, 0) is 13.2 Å². The molecule has 2 atom stereocenters. The van der Waals surface area contributed by atoms with Crippen LogP contribution < -0.4 is 5.32 Å². The summed E-state index contributed by atoms with van der Waals surface area (Å²) in [5, 5.41) is 6.08. The fourth-order valence-electron chi connectivity index (χ4n) is 4.01. The first kappa shape index (κ1) is 17.1. The summed E-state index contributed by atoms with van der Waals surface area (Å²) in [4.78, 5) is 12.5. The van der Waals surface area contributed by atoms with Gasteiger partial charge in [-0.3, -0.25) is 9.48 Å². The van der Waals surface area contributed by atoms with E-state index in [9.17, 15) is 18.0 Å². The number of hydrogen-bond donors (Lipinski definition) is 1. The summed E-state index contributed by atoms with van der Waals surface area (Å²) in [5.41, 5.74) is 0.225. The molecular formula is C19H20F3N3O. The molecule has 4 rings (SSSR count). The lowest BCUT2D eigenvalue weighted by Crippen LogP contribution is -2.18. The van der Waals surface area contributed by atoms with Crippen LogP contribution in [0.5, 0.6) is 0 Å². The van der Waals surface area contributed by atoms with Gasteiger partial charge in [-0.25, -0.2) is 0 Å². The second-order valence-electron chi connectivity index (χ2n) is 7.64. The van der Waals surface area contributed by atoms with Crippen molar-refractivity contribution < 1.29 is 18.0 Å². The number of para-hydroxylation sites is 1. The van der Waals surface area contributed by atoms with E-state index in [1.54, 1.807) is 12.1 Å². The predicted octanol–water partition coefficient (Wildman–Crippen LogP) is 4.59. The third-order valence-corrected chi connectivity index (χ3v) is 5.72.